The summed E-state index contributed by atoms with van der Waals surface area (Å²) >= 11 is 0. The number of carbonyl (C=O) groups excluding carboxylic acids is 2. The van der Waals surface area contributed by atoms with E-state index in [1.165, 1.54) is 0 Å². The van der Waals surface area contributed by atoms with E-state index in [0.717, 1.165) is 17.9 Å². The lowest BCUT2D eigenvalue weighted by atomic mass is 10.4. The highest BCUT2D eigenvalue weighted by molar-refractivity contribution is 5.97. The third-order valence-corrected chi connectivity index (χ3v) is 1.83. The van der Waals surface area contributed by atoms with Crippen LogP contribution in [0.3, 0.4) is 0 Å². The van der Waals surface area contributed by atoms with Gasteiger partial charge >= 0.3 is 6.09 Å². The van der Waals surface area contributed by atoms with Gasteiger partial charge in [0, 0.05) is 6.54 Å². The van der Waals surface area contributed by atoms with E-state index in [0.29, 0.717) is 6.54 Å². The Balaban J connectivity index is 2.27. The van der Waals surface area contributed by atoms with Gasteiger partial charge in [-0.3, -0.25) is 4.79 Å². The fraction of sp³-hybridized carbons (Fsp3) is 0.750. The number of hydrogen-bond acceptors (Lipinski definition) is 4. The molecule has 0 N–H and O–H groups in total. The Kier molecular flexibility index (Phi) is 3.25. The first-order valence-electron chi connectivity index (χ1n) is 4.23. The average Bonchev–Trinajstić information content (AvgIpc) is 2.34. The lowest BCUT2D eigenvalue weighted by Gasteiger charge is -2.13. The number of ether oxygens (including phenoxy) is 1. The summed E-state index contributed by atoms with van der Waals surface area (Å²) in [6, 6.07) is 0. The molecular formula is C8H14N2O3. The van der Waals surface area contributed by atoms with Crippen LogP contribution in [0, 0.1) is 0 Å². The Labute approximate surface area is 77.2 Å². The molecule has 0 spiro atoms. The van der Waals surface area contributed by atoms with E-state index < -0.39 is 6.09 Å². The molecule has 0 bridgehead atoms. The number of nitrogens with zero attached hydrogens (tertiary/aromatic N) is 2. The van der Waals surface area contributed by atoms with Crippen LogP contribution >= 0.6 is 0 Å². The monoisotopic (exact) mass is 186 g/mol. The van der Waals surface area contributed by atoms with Crippen LogP contribution in [0.1, 0.15) is 6.42 Å². The second-order valence-electron chi connectivity index (χ2n) is 3.26. The average molecular weight is 186 g/mol. The molecule has 1 saturated heterocycles. The Bertz CT molecular complexity index is 199. The molecule has 1 aliphatic rings. The van der Waals surface area contributed by atoms with Crippen molar-refractivity contribution in [2.75, 3.05) is 33.8 Å². The fourth-order valence-electron chi connectivity index (χ4n) is 1.14. The molecule has 1 rings (SSSR count). The van der Waals surface area contributed by atoms with Crippen LogP contribution in [-0.4, -0.2) is 55.6 Å². The maximum absolute atomic E-state index is 11.0. The van der Waals surface area contributed by atoms with Gasteiger partial charge in [0.1, 0.15) is 0 Å². The van der Waals surface area contributed by atoms with Crippen molar-refractivity contribution in [1.29, 1.82) is 0 Å². The molecule has 5 nitrogen and oxygen atoms in total. The molecule has 0 radical (unpaired) electrons. The van der Waals surface area contributed by atoms with Crippen LogP contribution in [0.15, 0.2) is 0 Å². The first-order valence-corrected chi connectivity index (χ1v) is 4.23. The first-order chi connectivity index (χ1) is 6.11. The molecule has 2 amide bonds. The van der Waals surface area contributed by atoms with E-state index >= 15 is 0 Å². The summed E-state index contributed by atoms with van der Waals surface area (Å²) in [5.41, 5.74) is 0. The summed E-state index contributed by atoms with van der Waals surface area (Å²) in [6.07, 6.45) is 0.275. The second kappa shape index (κ2) is 4.23. The van der Waals surface area contributed by atoms with Gasteiger partial charge < -0.3 is 9.64 Å². The number of imide groups is 1. The summed E-state index contributed by atoms with van der Waals surface area (Å²) in [5, 5.41) is 0. The minimum Gasteiger partial charge on any atom is -0.439 e. The molecule has 0 saturated carbocycles. The number of cyclic esters (lactones) is 1. The molecule has 13 heavy (non-hydrogen) atoms. The summed E-state index contributed by atoms with van der Waals surface area (Å²) in [5.74, 6) is -0.233. The van der Waals surface area contributed by atoms with Crippen LogP contribution in [-0.2, 0) is 9.53 Å². The quantitative estimate of drug-likeness (QED) is 0.616. The molecule has 74 valence electrons. The Hall–Kier alpha value is -1.10. The van der Waals surface area contributed by atoms with E-state index in [4.69, 9.17) is 0 Å². The molecule has 1 fully saturated rings. The van der Waals surface area contributed by atoms with Gasteiger partial charge in [-0.2, -0.15) is 0 Å². The van der Waals surface area contributed by atoms with Crippen molar-refractivity contribution in [3.8, 4) is 0 Å². The standard InChI is InChI=1S/C8H14N2O3/c1-9(2)4-3-5-10-7(11)6-13-8(10)12/h3-6H2,1-2H3. The van der Waals surface area contributed by atoms with E-state index in [9.17, 15) is 9.59 Å². The highest BCUT2D eigenvalue weighted by Crippen LogP contribution is 2.05. The predicted molar refractivity (Wildman–Crippen MR) is 46.2 cm³/mol. The normalized spacial score (nSPS) is 17.0. The maximum Gasteiger partial charge on any atom is 0.417 e. The molecule has 1 heterocycles. The first kappa shape index (κ1) is 9.98. The van der Waals surface area contributed by atoms with E-state index in [1.807, 2.05) is 19.0 Å². The summed E-state index contributed by atoms with van der Waals surface area (Å²) < 4.78 is 4.56. The van der Waals surface area contributed by atoms with Crippen LogP contribution in [0.4, 0.5) is 4.79 Å². The molecule has 0 aromatic carbocycles. The van der Waals surface area contributed by atoms with Crippen molar-refractivity contribution in [2.45, 2.75) is 6.42 Å². The SMILES string of the molecule is CN(C)CCCN1C(=O)COC1=O. The number of rotatable bonds is 4. The zero-order chi connectivity index (χ0) is 9.84. The molecule has 5 heteroatoms. The third kappa shape index (κ3) is 2.69. The zero-order valence-electron chi connectivity index (χ0n) is 7.95. The van der Waals surface area contributed by atoms with Gasteiger partial charge in [0.15, 0.2) is 6.61 Å². The highest BCUT2D eigenvalue weighted by atomic mass is 16.6. The van der Waals surface area contributed by atoms with Gasteiger partial charge in [-0.15, -0.1) is 0 Å². The highest BCUT2D eigenvalue weighted by Gasteiger charge is 2.29. The summed E-state index contributed by atoms with van der Waals surface area (Å²) in [4.78, 5) is 25.1. The van der Waals surface area contributed by atoms with Gasteiger partial charge in [-0.05, 0) is 27.1 Å². The number of hydrogen-bond donors (Lipinski definition) is 0. The summed E-state index contributed by atoms with van der Waals surface area (Å²) in [7, 11) is 3.90. The lowest BCUT2D eigenvalue weighted by molar-refractivity contribution is -0.125. The molecule has 0 atom stereocenters. The van der Waals surface area contributed by atoms with Gasteiger partial charge in [0.25, 0.3) is 5.91 Å². The molecule has 0 aromatic heterocycles. The largest absolute Gasteiger partial charge is 0.439 e. The maximum atomic E-state index is 11.0. The van der Waals surface area contributed by atoms with Crippen molar-refractivity contribution >= 4 is 12.0 Å². The lowest BCUT2D eigenvalue weighted by Crippen LogP contribution is -2.31. The molecule has 0 aromatic rings. The van der Waals surface area contributed by atoms with Crippen molar-refractivity contribution < 1.29 is 14.3 Å². The number of carbonyl (C=O) groups is 2. The Morgan fingerprint density at radius 1 is 1.46 bits per heavy atom. The molecular weight excluding hydrogens is 172 g/mol. The fourth-order valence-corrected chi connectivity index (χ4v) is 1.14. The van der Waals surface area contributed by atoms with Crippen molar-refractivity contribution in [1.82, 2.24) is 9.80 Å². The van der Waals surface area contributed by atoms with Crippen molar-refractivity contribution in [3.63, 3.8) is 0 Å². The van der Waals surface area contributed by atoms with Gasteiger partial charge in [0.05, 0.1) is 0 Å². The van der Waals surface area contributed by atoms with E-state index in [-0.39, 0.29) is 12.5 Å². The minimum absolute atomic E-state index is 0.0964. The van der Waals surface area contributed by atoms with Crippen molar-refractivity contribution in [3.05, 3.63) is 0 Å². The van der Waals surface area contributed by atoms with Crippen LogP contribution in [0.5, 0.6) is 0 Å². The van der Waals surface area contributed by atoms with E-state index in [2.05, 4.69) is 4.74 Å². The Morgan fingerprint density at radius 2 is 2.15 bits per heavy atom. The van der Waals surface area contributed by atoms with Crippen LogP contribution in [0.2, 0.25) is 0 Å². The second-order valence-corrected chi connectivity index (χ2v) is 3.26. The minimum atomic E-state index is -0.510. The van der Waals surface area contributed by atoms with E-state index in [1.54, 1.807) is 0 Å². The predicted octanol–water partition coefficient (Wildman–Crippen LogP) is -0.0831. The topological polar surface area (TPSA) is 49.9 Å². The van der Waals surface area contributed by atoms with Crippen LogP contribution < -0.4 is 0 Å². The Morgan fingerprint density at radius 3 is 2.62 bits per heavy atom. The number of amides is 2. The molecule has 0 unspecified atom stereocenters. The summed E-state index contributed by atoms with van der Waals surface area (Å²) in [6.45, 7) is 1.22. The zero-order valence-corrected chi connectivity index (χ0v) is 7.95. The van der Waals surface area contributed by atoms with Gasteiger partial charge in [-0.25, -0.2) is 9.69 Å². The van der Waals surface area contributed by atoms with Crippen LogP contribution in [0.25, 0.3) is 0 Å². The van der Waals surface area contributed by atoms with Gasteiger partial charge in [0.2, 0.25) is 0 Å². The van der Waals surface area contributed by atoms with Crippen molar-refractivity contribution in [2.24, 2.45) is 0 Å². The molecule has 1 aliphatic heterocycles. The molecule has 0 aliphatic carbocycles. The third-order valence-electron chi connectivity index (χ3n) is 1.83. The smallest absolute Gasteiger partial charge is 0.417 e. The van der Waals surface area contributed by atoms with Gasteiger partial charge in [-0.1, -0.05) is 0 Å².